The molecule has 0 fully saturated rings. The van der Waals surface area contributed by atoms with Gasteiger partial charge in [0.2, 0.25) is 10.0 Å². The molecule has 0 bridgehead atoms. The summed E-state index contributed by atoms with van der Waals surface area (Å²) < 4.78 is 41.2. The lowest BCUT2D eigenvalue weighted by Gasteiger charge is -2.08. The molecule has 0 unspecified atom stereocenters. The van der Waals surface area contributed by atoms with Crippen LogP contribution in [-0.2, 0) is 10.0 Å². The van der Waals surface area contributed by atoms with Gasteiger partial charge >= 0.3 is 0 Å². The number of sulfonamides is 1. The number of nitrogens with one attached hydrogen (secondary N) is 2. The second kappa shape index (κ2) is 7.73. The summed E-state index contributed by atoms with van der Waals surface area (Å²) >= 11 is 7.14. The molecule has 0 radical (unpaired) electrons. The van der Waals surface area contributed by atoms with Gasteiger partial charge in [-0.3, -0.25) is 10.1 Å². The van der Waals surface area contributed by atoms with Gasteiger partial charge in [0.25, 0.3) is 5.91 Å². The van der Waals surface area contributed by atoms with Gasteiger partial charge < -0.3 is 0 Å². The third-order valence-corrected chi connectivity index (χ3v) is 6.08. The van der Waals surface area contributed by atoms with Crippen LogP contribution in [0, 0.1) is 5.82 Å². The summed E-state index contributed by atoms with van der Waals surface area (Å²) in [5.74, 6) is -1.57. The summed E-state index contributed by atoms with van der Waals surface area (Å²) in [6.07, 6.45) is 1.32. The quantitative estimate of drug-likeness (QED) is 0.588. The lowest BCUT2D eigenvalue weighted by molar-refractivity contribution is 0.102. The molecule has 0 aliphatic carbocycles. The molecule has 3 aromatic rings. The van der Waals surface area contributed by atoms with E-state index in [4.69, 9.17) is 11.6 Å². The predicted molar refractivity (Wildman–Crippen MR) is 104 cm³/mol. The van der Waals surface area contributed by atoms with Crippen molar-refractivity contribution in [1.82, 2.24) is 9.71 Å². The number of carbonyl (C=O) groups excluding carboxylic acids is 1. The lowest BCUT2D eigenvalue weighted by atomic mass is 10.2. The van der Waals surface area contributed by atoms with Gasteiger partial charge in [-0.15, -0.1) is 6.58 Å². The van der Waals surface area contributed by atoms with Gasteiger partial charge in [-0.2, -0.15) is 0 Å². The Bertz CT molecular complexity index is 1150. The van der Waals surface area contributed by atoms with Crippen molar-refractivity contribution < 1.29 is 17.6 Å². The number of fused-ring (bicyclic) bond motifs is 1. The van der Waals surface area contributed by atoms with Crippen molar-refractivity contribution in [1.29, 1.82) is 0 Å². The average Bonchev–Trinajstić information content (AvgIpc) is 3.01. The Kier molecular flexibility index (Phi) is 5.56. The fraction of sp³-hybridized carbons (Fsp3) is 0.0588. The van der Waals surface area contributed by atoms with E-state index in [9.17, 15) is 17.6 Å². The number of halogens is 2. The van der Waals surface area contributed by atoms with Crippen LogP contribution in [0.4, 0.5) is 9.52 Å². The summed E-state index contributed by atoms with van der Waals surface area (Å²) in [5, 5.41) is 3.44. The van der Waals surface area contributed by atoms with E-state index >= 15 is 0 Å². The minimum absolute atomic E-state index is 0.0207. The summed E-state index contributed by atoms with van der Waals surface area (Å²) in [7, 11) is -4.11. The molecule has 140 valence electrons. The predicted octanol–water partition coefficient (Wildman–Crippen LogP) is 3.81. The smallest absolute Gasteiger partial charge is 0.257 e. The van der Waals surface area contributed by atoms with E-state index in [1.54, 1.807) is 18.2 Å². The molecule has 2 N–H and O–H groups in total. The molecule has 0 aliphatic heterocycles. The second-order valence-electron chi connectivity index (χ2n) is 5.37. The number of hydrogen-bond acceptors (Lipinski definition) is 5. The van der Waals surface area contributed by atoms with Crippen molar-refractivity contribution in [3.63, 3.8) is 0 Å². The maximum absolute atomic E-state index is 14.0. The molecular weight excluding hydrogens is 413 g/mol. The highest BCUT2D eigenvalue weighted by atomic mass is 35.5. The first-order valence-corrected chi connectivity index (χ1v) is 10.3. The fourth-order valence-corrected chi connectivity index (χ4v) is 4.45. The Morgan fingerprint density at radius 1 is 1.30 bits per heavy atom. The van der Waals surface area contributed by atoms with Gasteiger partial charge in [0, 0.05) is 17.1 Å². The summed E-state index contributed by atoms with van der Waals surface area (Å²) in [5.41, 5.74) is 0.642. The zero-order valence-corrected chi connectivity index (χ0v) is 16.1. The van der Waals surface area contributed by atoms with Crippen molar-refractivity contribution in [3.8, 4) is 0 Å². The zero-order chi connectivity index (χ0) is 19.6. The Balaban J connectivity index is 1.88. The summed E-state index contributed by atoms with van der Waals surface area (Å²) in [4.78, 5) is 16.1. The van der Waals surface area contributed by atoms with E-state index in [1.807, 2.05) is 0 Å². The highest BCUT2D eigenvalue weighted by molar-refractivity contribution is 7.89. The highest BCUT2D eigenvalue weighted by Crippen LogP contribution is 2.28. The van der Waals surface area contributed by atoms with Gasteiger partial charge in [-0.05, 0) is 36.4 Å². The second-order valence-corrected chi connectivity index (χ2v) is 8.57. The van der Waals surface area contributed by atoms with Gasteiger partial charge in [0.1, 0.15) is 10.7 Å². The Morgan fingerprint density at radius 3 is 2.81 bits per heavy atom. The van der Waals surface area contributed by atoms with E-state index in [2.05, 4.69) is 21.6 Å². The summed E-state index contributed by atoms with van der Waals surface area (Å²) in [6.45, 7) is 3.33. The SMILES string of the molecule is C=CCNS(=O)(=O)c1cc(C(=O)Nc2nc3ccc(Cl)cc3s2)ccc1F. The molecule has 3 rings (SSSR count). The maximum Gasteiger partial charge on any atom is 0.257 e. The molecule has 2 aromatic carbocycles. The van der Waals surface area contributed by atoms with Crippen LogP contribution >= 0.6 is 22.9 Å². The molecule has 1 heterocycles. The Morgan fingerprint density at radius 2 is 2.07 bits per heavy atom. The van der Waals surface area contributed by atoms with Crippen molar-refractivity contribution in [2.24, 2.45) is 0 Å². The minimum atomic E-state index is -4.11. The molecular formula is C17H13ClFN3O3S2. The molecule has 6 nitrogen and oxygen atoms in total. The molecule has 0 spiro atoms. The van der Waals surface area contributed by atoms with Crippen LogP contribution in [0.25, 0.3) is 10.2 Å². The monoisotopic (exact) mass is 425 g/mol. The average molecular weight is 426 g/mol. The number of benzene rings is 2. The topological polar surface area (TPSA) is 88.2 Å². The molecule has 1 amide bonds. The van der Waals surface area contributed by atoms with E-state index in [1.165, 1.54) is 23.5 Å². The zero-order valence-electron chi connectivity index (χ0n) is 13.7. The largest absolute Gasteiger partial charge is 0.298 e. The van der Waals surface area contributed by atoms with Crippen LogP contribution < -0.4 is 10.0 Å². The van der Waals surface area contributed by atoms with Crippen molar-refractivity contribution >= 4 is 54.2 Å². The first-order chi connectivity index (χ1) is 12.8. The van der Waals surface area contributed by atoms with E-state index in [0.29, 0.717) is 15.7 Å². The van der Waals surface area contributed by atoms with Gasteiger partial charge in [-0.1, -0.05) is 29.0 Å². The molecule has 0 aliphatic rings. The third-order valence-electron chi connectivity index (χ3n) is 3.47. The molecule has 10 heteroatoms. The van der Waals surface area contributed by atoms with Gasteiger partial charge in [0.15, 0.2) is 5.13 Å². The standard InChI is InChI=1S/C17H13ClFN3O3S2/c1-2-7-20-27(24,25)15-8-10(3-5-12(15)19)16(23)22-17-21-13-6-4-11(18)9-14(13)26-17/h2-6,8-9,20H,1,7H2,(H,21,22,23). The Hall–Kier alpha value is -2.33. The van der Waals surface area contributed by atoms with Crippen LogP contribution in [0.1, 0.15) is 10.4 Å². The first-order valence-electron chi connectivity index (χ1n) is 7.58. The number of amides is 1. The lowest BCUT2D eigenvalue weighted by Crippen LogP contribution is -2.25. The van der Waals surface area contributed by atoms with Crippen molar-refractivity contribution in [2.45, 2.75) is 4.90 Å². The van der Waals surface area contributed by atoms with Crippen molar-refractivity contribution in [3.05, 3.63) is 65.5 Å². The molecule has 1 aromatic heterocycles. The summed E-state index contributed by atoms with van der Waals surface area (Å²) in [6, 6.07) is 8.22. The number of anilines is 1. The maximum atomic E-state index is 14.0. The van der Waals surface area contributed by atoms with E-state index in [-0.39, 0.29) is 12.1 Å². The first kappa shape index (κ1) is 19.4. The third kappa shape index (κ3) is 4.33. The van der Waals surface area contributed by atoms with Crippen LogP contribution in [0.5, 0.6) is 0 Å². The number of aromatic nitrogens is 1. The van der Waals surface area contributed by atoms with Crippen molar-refractivity contribution in [2.75, 3.05) is 11.9 Å². The molecule has 0 saturated heterocycles. The van der Waals surface area contributed by atoms with Crippen LogP contribution in [0.2, 0.25) is 5.02 Å². The normalized spacial score (nSPS) is 11.5. The minimum Gasteiger partial charge on any atom is -0.298 e. The van der Waals surface area contributed by atoms with E-state index in [0.717, 1.165) is 16.8 Å². The van der Waals surface area contributed by atoms with E-state index < -0.39 is 26.6 Å². The molecule has 0 atom stereocenters. The molecule has 0 saturated carbocycles. The number of rotatable bonds is 6. The Labute approximate surface area is 163 Å². The van der Waals surface area contributed by atoms with Gasteiger partial charge in [0.05, 0.1) is 10.2 Å². The van der Waals surface area contributed by atoms with Gasteiger partial charge in [-0.25, -0.2) is 22.5 Å². The number of nitrogens with zero attached hydrogens (tertiary/aromatic N) is 1. The highest BCUT2D eigenvalue weighted by Gasteiger charge is 2.21. The number of thiazole rings is 1. The van der Waals surface area contributed by atoms with Crippen LogP contribution in [0.3, 0.4) is 0 Å². The molecule has 27 heavy (non-hydrogen) atoms. The number of hydrogen-bond donors (Lipinski definition) is 2. The number of carbonyl (C=O) groups is 1. The van der Waals surface area contributed by atoms with Crippen LogP contribution in [-0.4, -0.2) is 25.9 Å². The van der Waals surface area contributed by atoms with Crippen LogP contribution in [0.15, 0.2) is 53.9 Å². The fourth-order valence-electron chi connectivity index (χ4n) is 2.22.